The highest BCUT2D eigenvalue weighted by Crippen LogP contribution is 2.34. The van der Waals surface area contributed by atoms with E-state index in [0.717, 1.165) is 18.8 Å². The molecule has 1 saturated carbocycles. The van der Waals surface area contributed by atoms with Crippen molar-refractivity contribution in [2.24, 2.45) is 11.7 Å². The molecule has 0 aromatic heterocycles. The van der Waals surface area contributed by atoms with Crippen LogP contribution in [-0.2, 0) is 12.8 Å². The molecule has 1 aliphatic rings. The van der Waals surface area contributed by atoms with Gasteiger partial charge in [-0.15, -0.1) is 0 Å². The van der Waals surface area contributed by atoms with Gasteiger partial charge in [0.1, 0.15) is 0 Å². The number of nitrogens with two attached hydrogens (primary N) is 1. The van der Waals surface area contributed by atoms with E-state index in [1.807, 2.05) is 0 Å². The largest absolute Gasteiger partial charge is 0.324 e. The molecule has 1 heteroatoms. The zero-order valence-electron chi connectivity index (χ0n) is 11.2. The lowest BCUT2D eigenvalue weighted by Gasteiger charge is -2.29. The lowest BCUT2D eigenvalue weighted by Crippen LogP contribution is -2.21. The molecule has 1 fully saturated rings. The summed E-state index contributed by atoms with van der Waals surface area (Å²) in [6.45, 7) is 4.43. The Labute approximate surface area is 105 Å². The first-order chi connectivity index (χ1) is 8.24. The van der Waals surface area contributed by atoms with Crippen LogP contribution in [0.3, 0.4) is 0 Å². The van der Waals surface area contributed by atoms with Crippen LogP contribution in [0, 0.1) is 5.92 Å². The van der Waals surface area contributed by atoms with Crippen LogP contribution in [0.5, 0.6) is 0 Å². The second-order valence-corrected chi connectivity index (χ2v) is 5.38. The van der Waals surface area contributed by atoms with E-state index in [2.05, 4.69) is 32.0 Å². The van der Waals surface area contributed by atoms with Gasteiger partial charge in [0.05, 0.1) is 0 Å². The summed E-state index contributed by atoms with van der Waals surface area (Å²) < 4.78 is 0. The first kappa shape index (κ1) is 12.6. The summed E-state index contributed by atoms with van der Waals surface area (Å²) in [5.41, 5.74) is 10.7. The fraction of sp³-hybridized carbons (Fsp3) is 0.625. The highest BCUT2D eigenvalue weighted by molar-refractivity contribution is 5.34. The van der Waals surface area contributed by atoms with Crippen molar-refractivity contribution in [3.63, 3.8) is 0 Å². The summed E-state index contributed by atoms with van der Waals surface area (Å²) in [5, 5.41) is 0. The maximum Gasteiger partial charge on any atom is 0.0300 e. The number of aryl methyl sites for hydroxylation is 2. The van der Waals surface area contributed by atoms with Gasteiger partial charge in [0.25, 0.3) is 0 Å². The molecule has 1 aliphatic carbocycles. The summed E-state index contributed by atoms with van der Waals surface area (Å²) in [6.07, 6.45) is 7.57. The van der Waals surface area contributed by atoms with Crippen molar-refractivity contribution in [3.05, 3.63) is 34.9 Å². The van der Waals surface area contributed by atoms with Gasteiger partial charge in [0, 0.05) is 6.04 Å². The van der Waals surface area contributed by atoms with Crippen LogP contribution in [0.1, 0.15) is 62.3 Å². The van der Waals surface area contributed by atoms with Gasteiger partial charge in [-0.05, 0) is 41.9 Å². The minimum absolute atomic E-state index is 0.252. The molecule has 1 unspecified atom stereocenters. The van der Waals surface area contributed by atoms with Gasteiger partial charge in [-0.25, -0.2) is 0 Å². The summed E-state index contributed by atoms with van der Waals surface area (Å²) >= 11 is 0. The highest BCUT2D eigenvalue weighted by atomic mass is 14.6. The Morgan fingerprint density at radius 2 is 2.00 bits per heavy atom. The normalized spacial score (nSPS) is 17.8. The molecule has 0 bridgehead atoms. The summed E-state index contributed by atoms with van der Waals surface area (Å²) in [4.78, 5) is 0. The first-order valence-electron chi connectivity index (χ1n) is 7.11. The van der Waals surface area contributed by atoms with E-state index in [1.54, 1.807) is 0 Å². The van der Waals surface area contributed by atoms with Gasteiger partial charge < -0.3 is 5.73 Å². The second kappa shape index (κ2) is 5.68. The molecule has 0 aliphatic heterocycles. The molecule has 94 valence electrons. The minimum atomic E-state index is 0.252. The van der Waals surface area contributed by atoms with Crippen LogP contribution in [-0.4, -0.2) is 0 Å². The molecule has 1 atom stereocenters. The van der Waals surface area contributed by atoms with Crippen molar-refractivity contribution in [3.8, 4) is 0 Å². The molecular weight excluding hydrogens is 206 g/mol. The summed E-state index contributed by atoms with van der Waals surface area (Å²) in [7, 11) is 0. The van der Waals surface area contributed by atoms with Crippen molar-refractivity contribution >= 4 is 0 Å². The van der Waals surface area contributed by atoms with Gasteiger partial charge in [-0.2, -0.15) is 0 Å². The van der Waals surface area contributed by atoms with E-state index in [1.165, 1.54) is 42.4 Å². The van der Waals surface area contributed by atoms with Crippen molar-refractivity contribution in [1.29, 1.82) is 0 Å². The fourth-order valence-electron chi connectivity index (χ4n) is 2.75. The Morgan fingerprint density at radius 1 is 1.24 bits per heavy atom. The molecule has 0 saturated heterocycles. The van der Waals surface area contributed by atoms with Gasteiger partial charge in [0.2, 0.25) is 0 Å². The van der Waals surface area contributed by atoms with E-state index < -0.39 is 0 Å². The van der Waals surface area contributed by atoms with Crippen molar-refractivity contribution < 1.29 is 0 Å². The number of hydrogen-bond donors (Lipinski definition) is 1. The molecule has 1 nitrogen and oxygen atoms in total. The van der Waals surface area contributed by atoms with Gasteiger partial charge in [-0.3, -0.25) is 0 Å². The average molecular weight is 231 g/mol. The van der Waals surface area contributed by atoms with Crippen LogP contribution in [0.2, 0.25) is 0 Å². The standard InChI is InChI=1S/C16H25N/c1-3-12-8-9-14(4-2)15(10-12)16(17)11-13-6-5-7-13/h8-10,13,16H,3-7,11,17H2,1-2H3. The number of hydrogen-bond acceptors (Lipinski definition) is 1. The minimum Gasteiger partial charge on any atom is -0.324 e. The molecule has 1 aromatic carbocycles. The van der Waals surface area contributed by atoms with Gasteiger partial charge in [0.15, 0.2) is 0 Å². The molecule has 0 heterocycles. The highest BCUT2D eigenvalue weighted by Gasteiger charge is 2.22. The molecule has 2 rings (SSSR count). The SMILES string of the molecule is CCc1ccc(CC)c(C(N)CC2CCC2)c1. The predicted molar refractivity (Wildman–Crippen MR) is 74.1 cm³/mol. The monoisotopic (exact) mass is 231 g/mol. The van der Waals surface area contributed by atoms with Crippen molar-refractivity contribution in [2.45, 2.75) is 58.4 Å². The van der Waals surface area contributed by atoms with E-state index in [9.17, 15) is 0 Å². The van der Waals surface area contributed by atoms with Crippen LogP contribution in [0.4, 0.5) is 0 Å². The van der Waals surface area contributed by atoms with E-state index in [4.69, 9.17) is 5.73 Å². The third kappa shape index (κ3) is 2.90. The summed E-state index contributed by atoms with van der Waals surface area (Å²) in [5.74, 6) is 0.889. The van der Waals surface area contributed by atoms with Crippen molar-refractivity contribution in [2.75, 3.05) is 0 Å². The Morgan fingerprint density at radius 3 is 2.53 bits per heavy atom. The topological polar surface area (TPSA) is 26.0 Å². The molecule has 1 aromatic rings. The fourth-order valence-corrected chi connectivity index (χ4v) is 2.75. The van der Waals surface area contributed by atoms with Gasteiger partial charge in [-0.1, -0.05) is 51.3 Å². The lowest BCUT2D eigenvalue weighted by atomic mass is 9.79. The molecule has 17 heavy (non-hydrogen) atoms. The van der Waals surface area contributed by atoms with Crippen LogP contribution < -0.4 is 5.73 Å². The van der Waals surface area contributed by atoms with Gasteiger partial charge >= 0.3 is 0 Å². The van der Waals surface area contributed by atoms with E-state index in [-0.39, 0.29) is 6.04 Å². The number of rotatable bonds is 5. The third-order valence-electron chi connectivity index (χ3n) is 4.21. The van der Waals surface area contributed by atoms with Crippen molar-refractivity contribution in [1.82, 2.24) is 0 Å². The first-order valence-corrected chi connectivity index (χ1v) is 7.11. The molecule has 2 N–H and O–H groups in total. The maximum atomic E-state index is 6.41. The van der Waals surface area contributed by atoms with Crippen LogP contribution in [0.25, 0.3) is 0 Å². The third-order valence-corrected chi connectivity index (χ3v) is 4.21. The zero-order valence-corrected chi connectivity index (χ0v) is 11.2. The average Bonchev–Trinajstić information content (AvgIpc) is 2.32. The van der Waals surface area contributed by atoms with Crippen LogP contribution in [0.15, 0.2) is 18.2 Å². The Balaban J connectivity index is 2.15. The van der Waals surface area contributed by atoms with E-state index >= 15 is 0 Å². The Kier molecular flexibility index (Phi) is 4.22. The Hall–Kier alpha value is -0.820. The molecular formula is C16H25N. The van der Waals surface area contributed by atoms with E-state index in [0.29, 0.717) is 0 Å². The predicted octanol–water partition coefficient (Wildman–Crippen LogP) is 4.00. The maximum absolute atomic E-state index is 6.41. The number of benzene rings is 1. The molecule has 0 spiro atoms. The second-order valence-electron chi connectivity index (χ2n) is 5.38. The smallest absolute Gasteiger partial charge is 0.0300 e. The zero-order chi connectivity index (χ0) is 12.3. The molecule has 0 radical (unpaired) electrons. The molecule has 0 amide bonds. The summed E-state index contributed by atoms with van der Waals surface area (Å²) in [6, 6.07) is 7.11. The Bertz CT molecular complexity index is 366. The lowest BCUT2D eigenvalue weighted by molar-refractivity contribution is 0.277. The van der Waals surface area contributed by atoms with Crippen LogP contribution >= 0.6 is 0 Å². The quantitative estimate of drug-likeness (QED) is 0.814.